The van der Waals surface area contributed by atoms with Gasteiger partial charge in [0, 0.05) is 19.3 Å². The van der Waals surface area contributed by atoms with Crippen LogP contribution >= 0.6 is 0 Å². The number of rotatable bonds is 58. The minimum Gasteiger partial charge on any atom is -0.462 e. The Morgan fingerprint density at radius 2 is 0.513 bits per heavy atom. The van der Waals surface area contributed by atoms with E-state index in [9.17, 15) is 14.4 Å². The number of ether oxygens (including phenoxy) is 3. The Hall–Kier alpha value is -4.19. The monoisotopic (exact) mass is 1080 g/mol. The van der Waals surface area contributed by atoms with E-state index in [4.69, 9.17) is 14.2 Å². The van der Waals surface area contributed by atoms with E-state index in [1.807, 2.05) is 0 Å². The van der Waals surface area contributed by atoms with Crippen LogP contribution in [-0.4, -0.2) is 37.2 Å². The molecule has 0 aromatic rings. The average molecular weight is 1080 g/mol. The van der Waals surface area contributed by atoms with Crippen LogP contribution in [0.4, 0.5) is 0 Å². The van der Waals surface area contributed by atoms with Gasteiger partial charge in [0.2, 0.25) is 0 Å². The normalized spacial score (nSPS) is 12.9. The van der Waals surface area contributed by atoms with Gasteiger partial charge in [-0.25, -0.2) is 0 Å². The molecule has 444 valence electrons. The van der Waals surface area contributed by atoms with Crippen LogP contribution in [0.1, 0.15) is 297 Å². The van der Waals surface area contributed by atoms with E-state index in [1.165, 1.54) is 122 Å². The highest BCUT2D eigenvalue weighted by atomic mass is 16.6. The Bertz CT molecular complexity index is 1620. The zero-order valence-electron chi connectivity index (χ0n) is 50.9. The molecule has 0 aromatic carbocycles. The smallest absolute Gasteiger partial charge is 0.306 e. The second kappa shape index (κ2) is 65.3. The number of carbonyl (C=O) groups excluding carboxylic acids is 3. The van der Waals surface area contributed by atoms with Crippen molar-refractivity contribution in [2.24, 2.45) is 0 Å². The number of carbonyl (C=O) groups is 3. The molecule has 0 amide bonds. The first-order valence-corrected chi connectivity index (χ1v) is 32.5. The van der Waals surface area contributed by atoms with Crippen molar-refractivity contribution >= 4 is 17.9 Å². The molecule has 0 N–H and O–H groups in total. The standard InChI is InChI=1S/C72H120O6/c1-4-7-10-13-16-19-22-25-28-30-31-32-33-34-35-36-37-38-39-40-41-43-44-47-50-53-56-59-62-65-71(74)77-68-69(67-76-70(73)64-61-58-55-52-49-46-27-24-21-18-15-12-9-6-3)78-72(75)66-63-60-57-54-51-48-45-42-29-26-23-20-17-14-11-8-5-2/h7,10,15-16,18-19,24-29,31-32,34-35,37-38,40-41,69H,4-6,8-9,11-14,17,20-23,30,33,36,39,42-68H2,1-3H3/b10-7-,18-15-,19-16-,27-24-,28-25-,29-26-,32-31-,35-34-,38-37-,41-40-. The summed E-state index contributed by atoms with van der Waals surface area (Å²) < 4.78 is 16.9. The van der Waals surface area contributed by atoms with Crippen LogP contribution < -0.4 is 0 Å². The first-order valence-electron chi connectivity index (χ1n) is 32.5. The molecule has 6 nitrogen and oxygen atoms in total. The molecule has 0 aliphatic carbocycles. The van der Waals surface area contributed by atoms with Crippen molar-refractivity contribution in [3.05, 3.63) is 122 Å². The molecule has 0 aromatic heterocycles. The highest BCUT2D eigenvalue weighted by Crippen LogP contribution is 2.15. The Balaban J connectivity index is 4.36. The van der Waals surface area contributed by atoms with E-state index in [0.29, 0.717) is 19.3 Å². The van der Waals surface area contributed by atoms with Gasteiger partial charge in [0.25, 0.3) is 0 Å². The second-order valence-corrected chi connectivity index (χ2v) is 21.3. The summed E-state index contributed by atoms with van der Waals surface area (Å²) in [5.41, 5.74) is 0. The minimum absolute atomic E-state index is 0.0917. The maximum Gasteiger partial charge on any atom is 0.306 e. The van der Waals surface area contributed by atoms with Crippen LogP contribution in [0, 0.1) is 0 Å². The molecule has 6 heteroatoms. The lowest BCUT2D eigenvalue weighted by atomic mass is 10.1. The van der Waals surface area contributed by atoms with Gasteiger partial charge >= 0.3 is 17.9 Å². The van der Waals surface area contributed by atoms with Crippen molar-refractivity contribution in [3.8, 4) is 0 Å². The lowest BCUT2D eigenvalue weighted by Crippen LogP contribution is -2.30. The lowest BCUT2D eigenvalue weighted by molar-refractivity contribution is -0.167. The van der Waals surface area contributed by atoms with Gasteiger partial charge in [0.15, 0.2) is 6.10 Å². The molecule has 0 aliphatic rings. The van der Waals surface area contributed by atoms with E-state index in [-0.39, 0.29) is 31.1 Å². The minimum atomic E-state index is -0.795. The summed E-state index contributed by atoms with van der Waals surface area (Å²) >= 11 is 0. The first kappa shape index (κ1) is 73.8. The maximum atomic E-state index is 12.9. The highest BCUT2D eigenvalue weighted by Gasteiger charge is 2.19. The number of hydrogen-bond acceptors (Lipinski definition) is 6. The van der Waals surface area contributed by atoms with Gasteiger partial charge < -0.3 is 14.2 Å². The lowest BCUT2D eigenvalue weighted by Gasteiger charge is -2.18. The van der Waals surface area contributed by atoms with Gasteiger partial charge in [-0.15, -0.1) is 0 Å². The molecule has 0 spiro atoms. The Morgan fingerprint density at radius 3 is 0.833 bits per heavy atom. The molecule has 0 radical (unpaired) electrons. The summed E-state index contributed by atoms with van der Waals surface area (Å²) in [6.45, 7) is 6.47. The molecular formula is C72H120O6. The molecular weight excluding hydrogens is 961 g/mol. The Labute approximate surface area is 482 Å². The van der Waals surface area contributed by atoms with Crippen LogP contribution in [0.2, 0.25) is 0 Å². The molecule has 0 saturated heterocycles. The summed E-state index contributed by atoms with van der Waals surface area (Å²) in [6, 6.07) is 0. The third-order valence-corrected chi connectivity index (χ3v) is 13.7. The van der Waals surface area contributed by atoms with Crippen molar-refractivity contribution in [2.45, 2.75) is 303 Å². The van der Waals surface area contributed by atoms with Crippen LogP contribution in [0.5, 0.6) is 0 Å². The molecule has 0 saturated carbocycles. The van der Waals surface area contributed by atoms with E-state index in [1.54, 1.807) is 0 Å². The van der Waals surface area contributed by atoms with Gasteiger partial charge in [-0.05, 0) is 128 Å². The molecule has 0 aliphatic heterocycles. The largest absolute Gasteiger partial charge is 0.462 e. The zero-order valence-corrected chi connectivity index (χ0v) is 50.9. The van der Waals surface area contributed by atoms with Gasteiger partial charge in [-0.3, -0.25) is 14.4 Å². The van der Waals surface area contributed by atoms with E-state index >= 15 is 0 Å². The van der Waals surface area contributed by atoms with Crippen molar-refractivity contribution in [2.75, 3.05) is 13.2 Å². The summed E-state index contributed by atoms with van der Waals surface area (Å²) in [7, 11) is 0. The molecule has 0 heterocycles. The number of esters is 3. The molecule has 1 unspecified atom stereocenters. The second-order valence-electron chi connectivity index (χ2n) is 21.3. The van der Waals surface area contributed by atoms with E-state index in [0.717, 1.165) is 135 Å². The number of allylic oxidation sites excluding steroid dienone is 20. The van der Waals surface area contributed by atoms with Crippen LogP contribution in [-0.2, 0) is 28.6 Å². The molecule has 78 heavy (non-hydrogen) atoms. The van der Waals surface area contributed by atoms with Crippen LogP contribution in [0.15, 0.2) is 122 Å². The maximum absolute atomic E-state index is 12.9. The fraction of sp³-hybridized carbons (Fsp3) is 0.681. The van der Waals surface area contributed by atoms with Gasteiger partial charge in [0.1, 0.15) is 13.2 Å². The van der Waals surface area contributed by atoms with Crippen LogP contribution in [0.3, 0.4) is 0 Å². The Morgan fingerprint density at radius 1 is 0.269 bits per heavy atom. The summed E-state index contributed by atoms with van der Waals surface area (Å²) in [5.74, 6) is -0.915. The van der Waals surface area contributed by atoms with Crippen molar-refractivity contribution in [3.63, 3.8) is 0 Å². The fourth-order valence-electron chi connectivity index (χ4n) is 8.79. The van der Waals surface area contributed by atoms with Gasteiger partial charge in [0.05, 0.1) is 0 Å². The van der Waals surface area contributed by atoms with Crippen molar-refractivity contribution in [1.29, 1.82) is 0 Å². The van der Waals surface area contributed by atoms with E-state index in [2.05, 4.69) is 142 Å². The van der Waals surface area contributed by atoms with Crippen molar-refractivity contribution in [1.82, 2.24) is 0 Å². The predicted molar refractivity (Wildman–Crippen MR) is 339 cm³/mol. The number of unbranched alkanes of at least 4 members (excludes halogenated alkanes) is 27. The number of hydrogen-bond donors (Lipinski definition) is 0. The molecule has 0 rings (SSSR count). The summed E-state index contributed by atoms with van der Waals surface area (Å²) in [4.78, 5) is 38.3. The summed E-state index contributed by atoms with van der Waals surface area (Å²) in [6.07, 6.45) is 90.6. The fourth-order valence-corrected chi connectivity index (χ4v) is 8.79. The van der Waals surface area contributed by atoms with E-state index < -0.39 is 6.10 Å². The average Bonchev–Trinajstić information content (AvgIpc) is 3.44. The molecule has 0 fully saturated rings. The summed E-state index contributed by atoms with van der Waals surface area (Å²) in [5, 5.41) is 0. The third kappa shape index (κ3) is 62.7. The third-order valence-electron chi connectivity index (χ3n) is 13.7. The Kier molecular flexibility index (Phi) is 61.8. The zero-order chi connectivity index (χ0) is 56.4. The topological polar surface area (TPSA) is 78.9 Å². The SMILES string of the molecule is CC/C=C\C/C=C\C/C=C\C/C=C\C/C=C\C/C=C\C/C=C\CCCCCCCCCC(=O)OCC(COC(=O)CCCCCCC/C=C\C/C=C\CCCC)OC(=O)CCCCCCCCC/C=C\CCCCCCCC. The quantitative estimate of drug-likeness (QED) is 0.0261. The highest BCUT2D eigenvalue weighted by molar-refractivity contribution is 5.71. The molecule has 1 atom stereocenters. The van der Waals surface area contributed by atoms with Gasteiger partial charge in [-0.1, -0.05) is 271 Å². The molecule has 0 bridgehead atoms. The van der Waals surface area contributed by atoms with Gasteiger partial charge in [-0.2, -0.15) is 0 Å². The predicted octanol–water partition coefficient (Wildman–Crippen LogP) is 22.4. The van der Waals surface area contributed by atoms with Crippen LogP contribution in [0.25, 0.3) is 0 Å². The van der Waals surface area contributed by atoms with Crippen molar-refractivity contribution < 1.29 is 28.6 Å². The first-order chi connectivity index (χ1) is 38.5.